The predicted molar refractivity (Wildman–Crippen MR) is 330 cm³/mol. The summed E-state index contributed by atoms with van der Waals surface area (Å²) in [6, 6.07) is -0.885. The monoisotopic (exact) mass is 1110 g/mol. The van der Waals surface area contributed by atoms with E-state index in [4.69, 9.17) is 13.8 Å². The molecule has 0 bridgehead atoms. The molecule has 0 aliphatic heterocycles. The lowest BCUT2D eigenvalue weighted by Crippen LogP contribution is -2.47. The maximum atomic E-state index is 13.6. The van der Waals surface area contributed by atoms with Gasteiger partial charge in [0.1, 0.15) is 19.3 Å². The molecule has 0 aliphatic rings. The number of rotatable bonds is 62. The molecule has 0 aromatic carbocycles. The molecule has 0 spiro atoms. The minimum absolute atomic E-state index is 0.0191. The number of allylic oxidation sites excluding steroid dienone is 3. The molecule has 0 rings (SSSR count). The van der Waals surface area contributed by atoms with E-state index in [9.17, 15) is 19.0 Å². The predicted octanol–water partition coefficient (Wildman–Crippen LogP) is 20.3. The fourth-order valence-corrected chi connectivity index (χ4v) is 10.9. The number of phosphoric ester groups is 1. The number of quaternary nitrogens is 1. The van der Waals surface area contributed by atoms with E-state index in [1.165, 1.54) is 244 Å². The highest BCUT2D eigenvalue weighted by Gasteiger charge is 2.27. The Hall–Kier alpha value is -1.51. The average molecular weight is 1110 g/mol. The van der Waals surface area contributed by atoms with Crippen molar-refractivity contribution in [1.82, 2.24) is 5.32 Å². The van der Waals surface area contributed by atoms with E-state index in [0.717, 1.165) is 64.2 Å². The molecule has 3 unspecified atom stereocenters. The van der Waals surface area contributed by atoms with Crippen LogP contribution in [0.2, 0.25) is 0 Å². The minimum atomic E-state index is -4.70. The van der Waals surface area contributed by atoms with E-state index in [1.54, 1.807) is 0 Å². The number of ether oxygens (including phenoxy) is 1. The largest absolute Gasteiger partial charge is 0.756 e. The summed E-state index contributed by atoms with van der Waals surface area (Å²) < 4.78 is 30.4. The lowest BCUT2D eigenvalue weighted by Gasteiger charge is -2.30. The van der Waals surface area contributed by atoms with Gasteiger partial charge in [-0.2, -0.15) is 0 Å². The number of hydrogen-bond acceptors (Lipinski definition) is 7. The van der Waals surface area contributed by atoms with E-state index < -0.39 is 20.0 Å². The molecule has 9 nitrogen and oxygen atoms in total. The number of likely N-dealkylation sites (N-methyl/N-ethyl adjacent to an activating group) is 1. The Balaban J connectivity index is 5.16. The number of carbonyl (C=O) groups excluding carboxylic acids is 2. The van der Waals surface area contributed by atoms with Crippen molar-refractivity contribution in [2.75, 3.05) is 40.9 Å². The van der Waals surface area contributed by atoms with Gasteiger partial charge >= 0.3 is 5.97 Å². The van der Waals surface area contributed by atoms with Crippen LogP contribution in [0.1, 0.15) is 342 Å². The Bertz CT molecular complexity index is 1370. The van der Waals surface area contributed by atoms with Gasteiger partial charge in [0, 0.05) is 12.8 Å². The van der Waals surface area contributed by atoms with Crippen LogP contribution in [0.25, 0.3) is 0 Å². The van der Waals surface area contributed by atoms with Crippen molar-refractivity contribution in [2.45, 2.75) is 354 Å². The third-order valence-corrected chi connectivity index (χ3v) is 16.3. The van der Waals surface area contributed by atoms with Crippen LogP contribution in [0.15, 0.2) is 24.3 Å². The second-order valence-corrected chi connectivity index (χ2v) is 25.7. The van der Waals surface area contributed by atoms with E-state index in [0.29, 0.717) is 17.4 Å². The van der Waals surface area contributed by atoms with Gasteiger partial charge in [0.25, 0.3) is 7.82 Å². The molecule has 0 saturated carbocycles. The summed E-state index contributed by atoms with van der Waals surface area (Å²) in [5.41, 5.74) is 0. The number of unbranched alkanes of at least 4 members (excludes halogenated alkanes) is 44. The zero-order chi connectivity index (χ0) is 56.4. The Morgan fingerprint density at radius 3 is 1.10 bits per heavy atom. The highest BCUT2D eigenvalue weighted by molar-refractivity contribution is 7.45. The van der Waals surface area contributed by atoms with Gasteiger partial charge < -0.3 is 28.5 Å². The molecule has 77 heavy (non-hydrogen) atoms. The van der Waals surface area contributed by atoms with Gasteiger partial charge in [0.2, 0.25) is 5.91 Å². The van der Waals surface area contributed by atoms with E-state index in [1.807, 2.05) is 33.3 Å². The second-order valence-electron chi connectivity index (χ2n) is 24.3. The molecule has 0 fully saturated rings. The van der Waals surface area contributed by atoms with Crippen LogP contribution in [-0.4, -0.2) is 69.4 Å². The Kier molecular flexibility index (Phi) is 56.6. The normalized spacial score (nSPS) is 13.7. The lowest BCUT2D eigenvalue weighted by atomic mass is 10.0. The Morgan fingerprint density at radius 2 is 0.753 bits per heavy atom. The van der Waals surface area contributed by atoms with Crippen LogP contribution in [0.4, 0.5) is 0 Å². The fraction of sp³-hybridized carbons (Fsp3) is 0.910. The number of hydrogen-bond donors (Lipinski definition) is 1. The molecule has 0 aromatic heterocycles. The molecule has 10 heteroatoms. The summed E-state index contributed by atoms with van der Waals surface area (Å²) in [7, 11) is 1.20. The zero-order valence-electron chi connectivity index (χ0n) is 52.2. The first-order valence-electron chi connectivity index (χ1n) is 33.6. The molecule has 456 valence electrons. The number of carbonyl (C=O) groups is 2. The molecule has 0 aliphatic carbocycles. The quantitative estimate of drug-likeness (QED) is 0.0212. The van der Waals surface area contributed by atoms with Crippen LogP contribution < -0.4 is 10.2 Å². The first-order chi connectivity index (χ1) is 37.4. The van der Waals surface area contributed by atoms with Gasteiger partial charge in [-0.25, -0.2) is 0 Å². The van der Waals surface area contributed by atoms with E-state index in [2.05, 4.69) is 38.2 Å². The van der Waals surface area contributed by atoms with Crippen molar-refractivity contribution in [3.63, 3.8) is 0 Å². The maximum Gasteiger partial charge on any atom is 0.306 e. The van der Waals surface area contributed by atoms with Crippen molar-refractivity contribution in [3.05, 3.63) is 24.3 Å². The zero-order valence-corrected chi connectivity index (χ0v) is 53.1. The number of nitrogens with one attached hydrogen (secondary N) is 1. The van der Waals surface area contributed by atoms with Crippen molar-refractivity contribution < 1.29 is 37.3 Å². The average Bonchev–Trinajstić information content (AvgIpc) is 3.39. The summed E-state index contributed by atoms with van der Waals surface area (Å²) >= 11 is 0. The number of amides is 1. The topological polar surface area (TPSA) is 114 Å². The minimum Gasteiger partial charge on any atom is -0.756 e. The summed E-state index contributed by atoms with van der Waals surface area (Å²) in [6.07, 6.45) is 68.6. The summed E-state index contributed by atoms with van der Waals surface area (Å²) in [6.45, 7) is 6.90. The van der Waals surface area contributed by atoms with Crippen LogP contribution in [0, 0.1) is 0 Å². The van der Waals surface area contributed by atoms with Gasteiger partial charge in [-0.3, -0.25) is 14.2 Å². The molecule has 1 N–H and O–H groups in total. The van der Waals surface area contributed by atoms with Crippen molar-refractivity contribution in [3.8, 4) is 0 Å². The maximum absolute atomic E-state index is 13.6. The fourth-order valence-electron chi connectivity index (χ4n) is 10.2. The third-order valence-electron chi connectivity index (χ3n) is 15.4. The summed E-state index contributed by atoms with van der Waals surface area (Å²) in [5.74, 6) is -0.526. The van der Waals surface area contributed by atoms with Crippen LogP contribution >= 0.6 is 7.82 Å². The lowest BCUT2D eigenvalue weighted by molar-refractivity contribution is -0.870. The third kappa shape index (κ3) is 58.9. The van der Waals surface area contributed by atoms with Gasteiger partial charge in [-0.1, -0.05) is 296 Å². The molecular weight excluding hydrogens is 976 g/mol. The molecule has 0 radical (unpaired) electrons. The van der Waals surface area contributed by atoms with Gasteiger partial charge in [-0.05, 0) is 57.4 Å². The number of nitrogens with zero attached hydrogens (tertiary/aromatic N) is 1. The highest BCUT2D eigenvalue weighted by atomic mass is 31.2. The Morgan fingerprint density at radius 1 is 0.442 bits per heavy atom. The van der Waals surface area contributed by atoms with Crippen LogP contribution in [0.5, 0.6) is 0 Å². The first-order valence-corrected chi connectivity index (χ1v) is 35.1. The second kappa shape index (κ2) is 57.7. The van der Waals surface area contributed by atoms with Gasteiger partial charge in [0.15, 0.2) is 0 Å². The standard InChI is InChI=1S/C67H131N2O7P/c1-7-10-13-16-19-22-25-28-30-32-33-34-35-37-38-41-44-47-50-53-56-59-66(70)68-64(63-75-77(72,73)74-62-61-69(4,5)6)65(58-55-52-49-46-43-40-27-24-21-18-15-12-9-3)76-67(71)60-57-54-51-48-45-42-39-36-31-29-26-23-20-17-14-11-8-2/h29,31,55,58,64-65H,7-28,30,32-54,56-57,59-63H2,1-6H3,(H-,68,70,72,73)/b31-29+,58-55+. The van der Waals surface area contributed by atoms with Crippen LogP contribution in [-0.2, 0) is 27.9 Å². The summed E-state index contributed by atoms with van der Waals surface area (Å²) in [5, 5.41) is 3.04. The van der Waals surface area contributed by atoms with Crippen molar-refractivity contribution in [2.24, 2.45) is 0 Å². The van der Waals surface area contributed by atoms with Gasteiger partial charge in [0.05, 0.1) is 33.8 Å². The van der Waals surface area contributed by atoms with Crippen molar-refractivity contribution in [1.29, 1.82) is 0 Å². The van der Waals surface area contributed by atoms with Crippen molar-refractivity contribution >= 4 is 19.7 Å². The van der Waals surface area contributed by atoms with E-state index >= 15 is 0 Å². The molecule has 1 amide bonds. The molecule has 0 aromatic rings. The SMILES string of the molecule is CCCCCCCC/C=C/CCCCCCCCCC(=O)OC(/C=C/CCCCCCCCCCCCC)C(COP(=O)([O-])OCC[N+](C)(C)C)NC(=O)CCCCCCCCCCCCCCCCCCCCCCC. The number of phosphoric acid groups is 1. The number of esters is 1. The Labute approximate surface area is 479 Å². The first kappa shape index (κ1) is 75.5. The molecule has 3 atom stereocenters. The molecule has 0 heterocycles. The molecular formula is C67H131N2O7P. The van der Waals surface area contributed by atoms with E-state index in [-0.39, 0.29) is 31.5 Å². The highest BCUT2D eigenvalue weighted by Crippen LogP contribution is 2.38. The molecule has 0 saturated heterocycles. The smallest absolute Gasteiger partial charge is 0.306 e. The van der Waals surface area contributed by atoms with Gasteiger partial charge in [-0.15, -0.1) is 0 Å². The van der Waals surface area contributed by atoms with Crippen LogP contribution in [0.3, 0.4) is 0 Å². The summed E-state index contributed by atoms with van der Waals surface area (Å²) in [4.78, 5) is 40.1.